The standard InChI is InChI=1S/C19H18N2O3/c1-13(22)15-5-6-18-16(9-15)10-17(20-18)12-24-19(23)8-14-4-3-7-21(2)11-14/h3-7,9-11H,8,12H2,1-2H3/p+1. The first-order valence-corrected chi connectivity index (χ1v) is 7.73. The number of Topliss-reactive ketones (excluding diaryl/α,β-unsaturated/α-hetero) is 1. The number of aromatic amines is 1. The van der Waals surface area contributed by atoms with Gasteiger partial charge in [-0.2, -0.15) is 0 Å². The summed E-state index contributed by atoms with van der Waals surface area (Å²) in [6.45, 7) is 1.72. The summed E-state index contributed by atoms with van der Waals surface area (Å²) in [4.78, 5) is 26.6. The molecule has 0 spiro atoms. The minimum Gasteiger partial charge on any atom is -0.459 e. The van der Waals surface area contributed by atoms with E-state index in [1.807, 2.05) is 54.3 Å². The molecule has 0 unspecified atom stereocenters. The van der Waals surface area contributed by atoms with Gasteiger partial charge in [0, 0.05) is 28.1 Å². The summed E-state index contributed by atoms with van der Waals surface area (Å²) in [6, 6.07) is 11.2. The third-order valence-electron chi connectivity index (χ3n) is 3.82. The van der Waals surface area contributed by atoms with Crippen LogP contribution < -0.4 is 4.57 Å². The average molecular weight is 323 g/mol. The van der Waals surface area contributed by atoms with Crippen LogP contribution in [0.15, 0.2) is 48.8 Å². The largest absolute Gasteiger partial charge is 0.459 e. The number of carbonyl (C=O) groups excluding carboxylic acids is 2. The molecule has 1 aromatic carbocycles. The topological polar surface area (TPSA) is 63.0 Å². The molecule has 3 rings (SSSR count). The number of rotatable bonds is 5. The summed E-state index contributed by atoms with van der Waals surface area (Å²) in [5.74, 6) is -0.244. The van der Waals surface area contributed by atoms with E-state index in [1.54, 1.807) is 13.0 Å². The Labute approximate surface area is 139 Å². The van der Waals surface area contributed by atoms with Gasteiger partial charge in [-0.05, 0) is 37.3 Å². The molecule has 0 fully saturated rings. The number of nitrogens with zero attached hydrogens (tertiary/aromatic N) is 1. The van der Waals surface area contributed by atoms with Crippen molar-refractivity contribution < 1.29 is 18.9 Å². The van der Waals surface area contributed by atoms with Crippen LogP contribution in [-0.4, -0.2) is 16.7 Å². The fourth-order valence-electron chi connectivity index (χ4n) is 2.62. The van der Waals surface area contributed by atoms with Crippen molar-refractivity contribution in [1.82, 2.24) is 4.98 Å². The highest BCUT2D eigenvalue weighted by Gasteiger charge is 2.10. The smallest absolute Gasteiger partial charge is 0.310 e. The number of hydrogen-bond acceptors (Lipinski definition) is 3. The quantitative estimate of drug-likeness (QED) is 0.446. The Kier molecular flexibility index (Phi) is 4.42. The van der Waals surface area contributed by atoms with Crippen LogP contribution in [0.25, 0.3) is 10.9 Å². The number of ether oxygens (including phenoxy) is 1. The van der Waals surface area contributed by atoms with Crippen molar-refractivity contribution in [3.05, 3.63) is 65.6 Å². The molecule has 1 N–H and O–H groups in total. The van der Waals surface area contributed by atoms with Crippen LogP contribution in [0.2, 0.25) is 0 Å². The highest BCUT2D eigenvalue weighted by atomic mass is 16.5. The van der Waals surface area contributed by atoms with E-state index in [9.17, 15) is 9.59 Å². The highest BCUT2D eigenvalue weighted by Crippen LogP contribution is 2.18. The van der Waals surface area contributed by atoms with Crippen molar-refractivity contribution in [1.29, 1.82) is 0 Å². The maximum absolute atomic E-state index is 12.0. The molecule has 5 heteroatoms. The fourth-order valence-corrected chi connectivity index (χ4v) is 2.62. The molecule has 0 saturated heterocycles. The summed E-state index contributed by atoms with van der Waals surface area (Å²) in [5.41, 5.74) is 3.30. The maximum Gasteiger partial charge on any atom is 0.310 e. The Morgan fingerprint density at radius 1 is 1.21 bits per heavy atom. The molecule has 5 nitrogen and oxygen atoms in total. The zero-order chi connectivity index (χ0) is 17.1. The number of fused-ring (bicyclic) bond motifs is 1. The number of nitrogens with one attached hydrogen (secondary N) is 1. The second-order valence-corrected chi connectivity index (χ2v) is 5.87. The van der Waals surface area contributed by atoms with Crippen LogP contribution in [0.4, 0.5) is 0 Å². The van der Waals surface area contributed by atoms with E-state index in [0.29, 0.717) is 5.56 Å². The van der Waals surface area contributed by atoms with E-state index in [0.717, 1.165) is 22.2 Å². The van der Waals surface area contributed by atoms with Crippen LogP contribution in [0.5, 0.6) is 0 Å². The maximum atomic E-state index is 12.0. The summed E-state index contributed by atoms with van der Waals surface area (Å²) in [7, 11) is 1.91. The van der Waals surface area contributed by atoms with Crippen LogP contribution in [0.3, 0.4) is 0 Å². The van der Waals surface area contributed by atoms with E-state index in [2.05, 4.69) is 4.98 Å². The first kappa shape index (κ1) is 15.9. The van der Waals surface area contributed by atoms with Crippen molar-refractivity contribution in [2.24, 2.45) is 7.05 Å². The van der Waals surface area contributed by atoms with E-state index >= 15 is 0 Å². The number of esters is 1. The second kappa shape index (κ2) is 6.66. The first-order chi connectivity index (χ1) is 11.5. The molecule has 24 heavy (non-hydrogen) atoms. The third kappa shape index (κ3) is 3.68. The molecule has 2 aromatic heterocycles. The summed E-state index contributed by atoms with van der Waals surface area (Å²) < 4.78 is 7.23. The van der Waals surface area contributed by atoms with Crippen LogP contribution in [-0.2, 0) is 29.6 Å². The lowest BCUT2D eigenvalue weighted by Gasteiger charge is -2.02. The molecule has 0 bridgehead atoms. The minimum atomic E-state index is -0.274. The van der Waals surface area contributed by atoms with E-state index in [4.69, 9.17) is 4.74 Å². The van der Waals surface area contributed by atoms with Gasteiger partial charge < -0.3 is 9.72 Å². The molecule has 0 aliphatic rings. The van der Waals surface area contributed by atoms with Crippen molar-refractivity contribution in [3.63, 3.8) is 0 Å². The van der Waals surface area contributed by atoms with Gasteiger partial charge in [-0.25, -0.2) is 4.57 Å². The third-order valence-corrected chi connectivity index (χ3v) is 3.82. The van der Waals surface area contributed by atoms with Crippen molar-refractivity contribution in [3.8, 4) is 0 Å². The number of H-pyrrole nitrogens is 1. The SMILES string of the molecule is CC(=O)c1ccc2[nH]c(COC(=O)Cc3ccc[n+](C)c3)cc2c1. The predicted molar refractivity (Wildman–Crippen MR) is 89.4 cm³/mol. The molecule has 0 radical (unpaired) electrons. The van der Waals surface area contributed by atoms with Crippen molar-refractivity contribution >= 4 is 22.7 Å². The number of hydrogen-bond donors (Lipinski definition) is 1. The van der Waals surface area contributed by atoms with Gasteiger partial charge in [0.1, 0.15) is 13.7 Å². The molecule has 2 heterocycles. The second-order valence-electron chi connectivity index (χ2n) is 5.87. The number of ketones is 1. The van der Waals surface area contributed by atoms with Crippen molar-refractivity contribution in [2.45, 2.75) is 20.0 Å². The van der Waals surface area contributed by atoms with Gasteiger partial charge in [-0.1, -0.05) is 0 Å². The first-order valence-electron chi connectivity index (χ1n) is 7.73. The van der Waals surface area contributed by atoms with E-state index in [1.165, 1.54) is 0 Å². The summed E-state index contributed by atoms with van der Waals surface area (Å²) in [6.07, 6.45) is 4.05. The summed E-state index contributed by atoms with van der Waals surface area (Å²) in [5, 5.41) is 0.934. The zero-order valence-corrected chi connectivity index (χ0v) is 13.7. The molecule has 0 aliphatic heterocycles. The number of aryl methyl sites for hydroxylation is 1. The minimum absolute atomic E-state index is 0.0297. The molecular weight excluding hydrogens is 304 g/mol. The van der Waals surface area contributed by atoms with Gasteiger partial charge >= 0.3 is 5.97 Å². The predicted octanol–water partition coefficient (Wildman–Crippen LogP) is 2.48. The molecule has 3 aromatic rings. The Hall–Kier alpha value is -2.95. The molecule has 0 amide bonds. The molecule has 0 atom stereocenters. The van der Waals surface area contributed by atoms with Gasteiger partial charge in [0.2, 0.25) is 0 Å². The van der Waals surface area contributed by atoms with Gasteiger partial charge in [0.15, 0.2) is 18.2 Å². The Morgan fingerprint density at radius 2 is 2.04 bits per heavy atom. The molecule has 0 aliphatic carbocycles. The zero-order valence-electron chi connectivity index (χ0n) is 13.7. The van der Waals surface area contributed by atoms with Gasteiger partial charge in [-0.3, -0.25) is 9.59 Å². The summed E-state index contributed by atoms with van der Waals surface area (Å²) >= 11 is 0. The number of carbonyl (C=O) groups is 2. The lowest BCUT2D eigenvalue weighted by Crippen LogP contribution is -2.27. The number of aromatic nitrogens is 2. The lowest BCUT2D eigenvalue weighted by molar-refractivity contribution is -0.671. The van der Waals surface area contributed by atoms with Gasteiger partial charge in [-0.15, -0.1) is 0 Å². The highest BCUT2D eigenvalue weighted by molar-refractivity contribution is 5.98. The number of pyridine rings is 1. The van der Waals surface area contributed by atoms with Crippen LogP contribution >= 0.6 is 0 Å². The van der Waals surface area contributed by atoms with E-state index < -0.39 is 0 Å². The van der Waals surface area contributed by atoms with E-state index in [-0.39, 0.29) is 24.8 Å². The van der Waals surface area contributed by atoms with Crippen molar-refractivity contribution in [2.75, 3.05) is 0 Å². The fraction of sp³-hybridized carbons (Fsp3) is 0.211. The van der Waals surface area contributed by atoms with Crippen LogP contribution in [0, 0.1) is 0 Å². The Bertz CT molecular complexity index is 912. The molecule has 0 saturated carbocycles. The normalized spacial score (nSPS) is 10.8. The monoisotopic (exact) mass is 323 g/mol. The Morgan fingerprint density at radius 3 is 2.79 bits per heavy atom. The number of benzene rings is 1. The van der Waals surface area contributed by atoms with Gasteiger partial charge in [0.05, 0.1) is 12.1 Å². The van der Waals surface area contributed by atoms with Crippen LogP contribution in [0.1, 0.15) is 28.5 Å². The Balaban J connectivity index is 1.64. The van der Waals surface area contributed by atoms with Gasteiger partial charge in [0.25, 0.3) is 0 Å². The molecule has 122 valence electrons. The lowest BCUT2D eigenvalue weighted by atomic mass is 10.1. The molecular formula is C19H19N2O3+. The average Bonchev–Trinajstić information content (AvgIpc) is 2.95.